The van der Waals surface area contributed by atoms with E-state index in [0.29, 0.717) is 30.4 Å². The van der Waals surface area contributed by atoms with Crippen molar-refractivity contribution in [1.82, 2.24) is 25.1 Å². The Morgan fingerprint density at radius 2 is 1.79 bits per heavy atom. The standard InChI is InChI=1S/C21H25N5O3/c1-5-25(13-16-8-11-18(28-3)19(12-16)29-4)20(27)14-26-23-21(22-24-26)17-9-6-15(2)7-10-17/h6-12H,5,13-14H2,1-4H3. The van der Waals surface area contributed by atoms with Crippen molar-refractivity contribution in [1.29, 1.82) is 0 Å². The number of benzene rings is 2. The third-order valence-electron chi connectivity index (χ3n) is 4.60. The number of aryl methyl sites for hydroxylation is 1. The van der Waals surface area contributed by atoms with Crippen molar-refractivity contribution < 1.29 is 14.3 Å². The molecule has 0 atom stereocenters. The van der Waals surface area contributed by atoms with E-state index in [1.165, 1.54) is 4.80 Å². The summed E-state index contributed by atoms with van der Waals surface area (Å²) in [6, 6.07) is 13.5. The topological polar surface area (TPSA) is 82.4 Å². The third-order valence-corrected chi connectivity index (χ3v) is 4.60. The summed E-state index contributed by atoms with van der Waals surface area (Å²) in [5, 5.41) is 12.4. The summed E-state index contributed by atoms with van der Waals surface area (Å²) in [5.41, 5.74) is 2.97. The number of likely N-dealkylation sites (N-methyl/N-ethyl adjacent to an activating group) is 1. The number of carbonyl (C=O) groups excluding carboxylic acids is 1. The molecule has 0 bridgehead atoms. The summed E-state index contributed by atoms with van der Waals surface area (Å²) >= 11 is 0. The minimum Gasteiger partial charge on any atom is -0.493 e. The van der Waals surface area contributed by atoms with Crippen LogP contribution in [-0.2, 0) is 17.9 Å². The number of hydrogen-bond donors (Lipinski definition) is 0. The quantitative estimate of drug-likeness (QED) is 0.583. The van der Waals surface area contributed by atoms with Crippen LogP contribution in [0.4, 0.5) is 0 Å². The second kappa shape index (κ2) is 9.18. The van der Waals surface area contributed by atoms with Crippen LogP contribution in [0.5, 0.6) is 11.5 Å². The lowest BCUT2D eigenvalue weighted by atomic mass is 10.1. The third kappa shape index (κ3) is 4.90. The first-order valence-electron chi connectivity index (χ1n) is 9.37. The smallest absolute Gasteiger partial charge is 0.246 e. The number of methoxy groups -OCH3 is 2. The normalized spacial score (nSPS) is 10.6. The molecule has 0 fully saturated rings. The van der Waals surface area contributed by atoms with Crippen molar-refractivity contribution in [3.63, 3.8) is 0 Å². The molecule has 1 heterocycles. The fraction of sp³-hybridized carbons (Fsp3) is 0.333. The van der Waals surface area contributed by atoms with Gasteiger partial charge in [0.2, 0.25) is 11.7 Å². The van der Waals surface area contributed by atoms with Crippen molar-refractivity contribution in [3.8, 4) is 22.9 Å². The molecule has 0 radical (unpaired) electrons. The SMILES string of the molecule is CCN(Cc1ccc(OC)c(OC)c1)C(=O)Cn1nnc(-c2ccc(C)cc2)n1. The highest BCUT2D eigenvalue weighted by Crippen LogP contribution is 2.28. The van der Waals surface area contributed by atoms with E-state index < -0.39 is 0 Å². The molecule has 8 nitrogen and oxygen atoms in total. The first-order chi connectivity index (χ1) is 14.0. The van der Waals surface area contributed by atoms with Gasteiger partial charge in [-0.2, -0.15) is 4.80 Å². The second-order valence-electron chi connectivity index (χ2n) is 6.61. The molecule has 8 heteroatoms. The van der Waals surface area contributed by atoms with Gasteiger partial charge in [0.15, 0.2) is 11.5 Å². The van der Waals surface area contributed by atoms with E-state index in [2.05, 4.69) is 15.4 Å². The number of ether oxygens (including phenoxy) is 2. The predicted molar refractivity (Wildman–Crippen MR) is 109 cm³/mol. The first kappa shape index (κ1) is 20.3. The molecule has 0 spiro atoms. The van der Waals surface area contributed by atoms with Crippen molar-refractivity contribution in [2.45, 2.75) is 26.9 Å². The van der Waals surface area contributed by atoms with Gasteiger partial charge in [0.1, 0.15) is 6.54 Å². The Balaban J connectivity index is 1.68. The molecular formula is C21H25N5O3. The molecule has 1 aromatic heterocycles. The Labute approximate surface area is 170 Å². The van der Waals surface area contributed by atoms with Crippen LogP contribution >= 0.6 is 0 Å². The Morgan fingerprint density at radius 3 is 2.45 bits per heavy atom. The van der Waals surface area contributed by atoms with Gasteiger partial charge in [-0.3, -0.25) is 4.79 Å². The first-order valence-corrected chi connectivity index (χ1v) is 9.37. The maximum absolute atomic E-state index is 12.8. The minimum absolute atomic E-state index is 0.0278. The fourth-order valence-corrected chi connectivity index (χ4v) is 2.93. The van der Waals surface area contributed by atoms with Gasteiger partial charge in [-0.1, -0.05) is 35.9 Å². The maximum Gasteiger partial charge on any atom is 0.246 e. The average molecular weight is 395 g/mol. The summed E-state index contributed by atoms with van der Waals surface area (Å²) in [5.74, 6) is 1.70. The monoisotopic (exact) mass is 395 g/mol. The predicted octanol–water partition coefficient (Wildman–Crippen LogP) is 2.71. The van der Waals surface area contributed by atoms with E-state index in [4.69, 9.17) is 9.47 Å². The van der Waals surface area contributed by atoms with E-state index >= 15 is 0 Å². The molecular weight excluding hydrogens is 370 g/mol. The second-order valence-corrected chi connectivity index (χ2v) is 6.61. The molecule has 1 amide bonds. The molecule has 0 aliphatic rings. The van der Waals surface area contributed by atoms with Crippen LogP contribution in [0, 0.1) is 6.92 Å². The lowest BCUT2D eigenvalue weighted by Crippen LogP contribution is -2.33. The van der Waals surface area contributed by atoms with Gasteiger partial charge in [0.05, 0.1) is 14.2 Å². The molecule has 2 aromatic carbocycles. The largest absolute Gasteiger partial charge is 0.493 e. The Kier molecular flexibility index (Phi) is 6.43. The molecule has 0 aliphatic carbocycles. The van der Waals surface area contributed by atoms with Gasteiger partial charge in [-0.15, -0.1) is 10.2 Å². The average Bonchev–Trinajstić information content (AvgIpc) is 3.20. The van der Waals surface area contributed by atoms with Crippen molar-refractivity contribution in [3.05, 3.63) is 53.6 Å². The molecule has 3 rings (SSSR count). The van der Waals surface area contributed by atoms with Crippen LogP contribution in [0.25, 0.3) is 11.4 Å². The van der Waals surface area contributed by atoms with Crippen molar-refractivity contribution in [2.75, 3.05) is 20.8 Å². The highest BCUT2D eigenvalue weighted by Gasteiger charge is 2.16. The maximum atomic E-state index is 12.8. The zero-order valence-corrected chi connectivity index (χ0v) is 17.1. The molecule has 0 saturated carbocycles. The number of carbonyl (C=O) groups is 1. The van der Waals surface area contributed by atoms with E-state index in [-0.39, 0.29) is 12.5 Å². The van der Waals surface area contributed by atoms with Gasteiger partial charge in [0, 0.05) is 18.7 Å². The zero-order chi connectivity index (χ0) is 20.8. The van der Waals surface area contributed by atoms with Gasteiger partial charge in [0.25, 0.3) is 0 Å². The summed E-state index contributed by atoms with van der Waals surface area (Å²) < 4.78 is 10.6. The molecule has 29 heavy (non-hydrogen) atoms. The molecule has 0 N–H and O–H groups in total. The lowest BCUT2D eigenvalue weighted by molar-refractivity contribution is -0.132. The van der Waals surface area contributed by atoms with Crippen LogP contribution in [0.3, 0.4) is 0 Å². The van der Waals surface area contributed by atoms with Gasteiger partial charge in [-0.05, 0) is 36.8 Å². The zero-order valence-electron chi connectivity index (χ0n) is 17.1. The van der Waals surface area contributed by atoms with Gasteiger partial charge in [-0.25, -0.2) is 0 Å². The summed E-state index contributed by atoms with van der Waals surface area (Å²) in [4.78, 5) is 15.8. The van der Waals surface area contributed by atoms with Crippen molar-refractivity contribution in [2.24, 2.45) is 0 Å². The molecule has 3 aromatic rings. The summed E-state index contributed by atoms with van der Waals surface area (Å²) in [6.07, 6.45) is 0. The highest BCUT2D eigenvalue weighted by atomic mass is 16.5. The Morgan fingerprint density at radius 1 is 1.07 bits per heavy atom. The Bertz CT molecular complexity index is 969. The molecule has 0 saturated heterocycles. The highest BCUT2D eigenvalue weighted by molar-refractivity contribution is 5.75. The number of amides is 1. The van der Waals surface area contributed by atoms with Crippen LogP contribution in [-0.4, -0.2) is 51.8 Å². The van der Waals surface area contributed by atoms with Crippen molar-refractivity contribution >= 4 is 5.91 Å². The number of nitrogens with zero attached hydrogens (tertiary/aromatic N) is 5. The number of tetrazole rings is 1. The molecule has 0 aliphatic heterocycles. The number of rotatable bonds is 8. The van der Waals surface area contributed by atoms with E-state index in [0.717, 1.165) is 16.7 Å². The van der Waals surface area contributed by atoms with Crippen LogP contribution in [0.15, 0.2) is 42.5 Å². The minimum atomic E-state index is -0.0878. The molecule has 0 unspecified atom stereocenters. The number of hydrogen-bond acceptors (Lipinski definition) is 6. The van der Waals surface area contributed by atoms with Crippen LogP contribution < -0.4 is 9.47 Å². The molecule has 152 valence electrons. The Hall–Kier alpha value is -3.42. The van der Waals surface area contributed by atoms with Crippen LogP contribution in [0.1, 0.15) is 18.1 Å². The lowest BCUT2D eigenvalue weighted by Gasteiger charge is -2.21. The fourth-order valence-electron chi connectivity index (χ4n) is 2.93. The summed E-state index contributed by atoms with van der Waals surface area (Å²) in [6.45, 7) is 5.00. The number of aromatic nitrogens is 4. The van der Waals surface area contributed by atoms with E-state index in [9.17, 15) is 4.79 Å². The van der Waals surface area contributed by atoms with Gasteiger partial charge >= 0.3 is 0 Å². The summed E-state index contributed by atoms with van der Waals surface area (Å²) in [7, 11) is 3.18. The van der Waals surface area contributed by atoms with Crippen LogP contribution in [0.2, 0.25) is 0 Å². The van der Waals surface area contributed by atoms with Gasteiger partial charge < -0.3 is 14.4 Å². The van der Waals surface area contributed by atoms with E-state index in [1.807, 2.05) is 56.3 Å². The van der Waals surface area contributed by atoms with E-state index in [1.54, 1.807) is 19.1 Å².